The number of methoxy groups -OCH3 is 2. The Hall–Kier alpha value is -2.08. The van der Waals surface area contributed by atoms with E-state index in [4.69, 9.17) is 19.7 Å². The predicted octanol–water partition coefficient (Wildman–Crippen LogP) is 2.41. The molecule has 6 heteroatoms. The zero-order chi connectivity index (χ0) is 14.7. The van der Waals surface area contributed by atoms with Crippen molar-refractivity contribution >= 4 is 0 Å². The molecule has 0 amide bonds. The second-order valence-electron chi connectivity index (χ2n) is 4.79. The molecule has 0 radical (unpaired) electrons. The van der Waals surface area contributed by atoms with E-state index in [1.165, 1.54) is 0 Å². The molecule has 1 atom stereocenters. The van der Waals surface area contributed by atoms with Gasteiger partial charge in [-0.2, -0.15) is 4.98 Å². The minimum atomic E-state index is -0.253. The molecule has 20 heavy (non-hydrogen) atoms. The standard InChI is InChI=1S/C14H19N3O3/c1-8(2)12(15)13-16-14(20-17-13)10-6-5-9(18-3)7-11(10)19-4/h5-8,12H,15H2,1-4H3. The molecule has 108 valence electrons. The van der Waals surface area contributed by atoms with Crippen molar-refractivity contribution < 1.29 is 14.0 Å². The number of benzene rings is 1. The fourth-order valence-electron chi connectivity index (χ4n) is 1.75. The van der Waals surface area contributed by atoms with Crippen LogP contribution in [-0.2, 0) is 0 Å². The molecule has 0 fully saturated rings. The molecule has 0 aliphatic rings. The van der Waals surface area contributed by atoms with Gasteiger partial charge in [0.1, 0.15) is 11.5 Å². The van der Waals surface area contributed by atoms with Crippen LogP contribution in [0.5, 0.6) is 11.5 Å². The smallest absolute Gasteiger partial charge is 0.261 e. The van der Waals surface area contributed by atoms with Crippen molar-refractivity contribution in [3.05, 3.63) is 24.0 Å². The first-order chi connectivity index (χ1) is 9.56. The van der Waals surface area contributed by atoms with E-state index in [9.17, 15) is 0 Å². The Bertz CT molecular complexity index is 581. The fourth-order valence-corrected chi connectivity index (χ4v) is 1.75. The minimum absolute atomic E-state index is 0.234. The topological polar surface area (TPSA) is 83.4 Å². The van der Waals surface area contributed by atoms with Crippen LogP contribution in [0.15, 0.2) is 22.7 Å². The lowest BCUT2D eigenvalue weighted by atomic mass is 10.1. The number of aromatic nitrogens is 2. The van der Waals surface area contributed by atoms with Gasteiger partial charge in [-0.05, 0) is 18.1 Å². The van der Waals surface area contributed by atoms with Crippen LogP contribution in [-0.4, -0.2) is 24.4 Å². The molecule has 0 bridgehead atoms. The van der Waals surface area contributed by atoms with Gasteiger partial charge >= 0.3 is 0 Å². The third kappa shape index (κ3) is 2.75. The van der Waals surface area contributed by atoms with Gasteiger partial charge in [0.2, 0.25) is 0 Å². The molecule has 6 nitrogen and oxygen atoms in total. The van der Waals surface area contributed by atoms with Crippen molar-refractivity contribution in [3.63, 3.8) is 0 Å². The van der Waals surface area contributed by atoms with Crippen LogP contribution in [0.2, 0.25) is 0 Å². The molecule has 0 saturated heterocycles. The average Bonchev–Trinajstić information content (AvgIpc) is 2.95. The number of ether oxygens (including phenoxy) is 2. The van der Waals surface area contributed by atoms with E-state index >= 15 is 0 Å². The normalized spacial score (nSPS) is 12.5. The number of hydrogen-bond acceptors (Lipinski definition) is 6. The van der Waals surface area contributed by atoms with Gasteiger partial charge in [-0.25, -0.2) is 0 Å². The summed E-state index contributed by atoms with van der Waals surface area (Å²) in [7, 11) is 3.18. The molecule has 2 aromatic rings. The summed E-state index contributed by atoms with van der Waals surface area (Å²) in [6, 6.07) is 5.14. The summed E-state index contributed by atoms with van der Waals surface area (Å²) in [4.78, 5) is 4.34. The first kappa shape index (κ1) is 14.3. The Balaban J connectivity index is 2.37. The van der Waals surface area contributed by atoms with Crippen LogP contribution in [0.1, 0.15) is 25.7 Å². The third-order valence-electron chi connectivity index (χ3n) is 3.10. The summed E-state index contributed by atoms with van der Waals surface area (Å²) < 4.78 is 15.8. The van der Waals surface area contributed by atoms with Gasteiger partial charge in [0.05, 0.1) is 25.8 Å². The molecule has 1 aromatic carbocycles. The summed E-state index contributed by atoms with van der Waals surface area (Å²) in [5, 5.41) is 3.93. The highest BCUT2D eigenvalue weighted by Gasteiger charge is 2.20. The van der Waals surface area contributed by atoms with Crippen molar-refractivity contribution in [1.29, 1.82) is 0 Å². The third-order valence-corrected chi connectivity index (χ3v) is 3.10. The maximum Gasteiger partial charge on any atom is 0.261 e. The van der Waals surface area contributed by atoms with E-state index in [-0.39, 0.29) is 12.0 Å². The SMILES string of the molecule is COc1ccc(-c2nc(C(N)C(C)C)no2)c(OC)c1. The maximum absolute atomic E-state index is 6.01. The second-order valence-corrected chi connectivity index (χ2v) is 4.79. The number of nitrogens with two attached hydrogens (primary N) is 1. The highest BCUT2D eigenvalue weighted by molar-refractivity contribution is 5.64. The van der Waals surface area contributed by atoms with Gasteiger partial charge in [-0.15, -0.1) is 0 Å². The van der Waals surface area contributed by atoms with E-state index in [1.807, 2.05) is 26.0 Å². The highest BCUT2D eigenvalue weighted by Crippen LogP contribution is 2.32. The first-order valence-electron chi connectivity index (χ1n) is 6.38. The van der Waals surface area contributed by atoms with Gasteiger partial charge in [0.25, 0.3) is 5.89 Å². The van der Waals surface area contributed by atoms with E-state index in [0.717, 1.165) is 0 Å². The van der Waals surface area contributed by atoms with Gasteiger partial charge in [-0.3, -0.25) is 0 Å². The Morgan fingerprint density at radius 3 is 2.55 bits per heavy atom. The van der Waals surface area contributed by atoms with E-state index in [2.05, 4.69) is 10.1 Å². The molecular formula is C14H19N3O3. The van der Waals surface area contributed by atoms with Crippen LogP contribution < -0.4 is 15.2 Å². The van der Waals surface area contributed by atoms with Crippen molar-refractivity contribution in [1.82, 2.24) is 10.1 Å². The highest BCUT2D eigenvalue weighted by atomic mass is 16.5. The van der Waals surface area contributed by atoms with E-state index in [1.54, 1.807) is 20.3 Å². The Kier molecular flexibility index (Phi) is 4.24. The summed E-state index contributed by atoms with van der Waals surface area (Å²) >= 11 is 0. The number of hydrogen-bond donors (Lipinski definition) is 1. The fraction of sp³-hybridized carbons (Fsp3) is 0.429. The average molecular weight is 277 g/mol. The van der Waals surface area contributed by atoms with Crippen molar-refractivity contribution in [2.24, 2.45) is 11.7 Å². The van der Waals surface area contributed by atoms with Crippen LogP contribution in [0.25, 0.3) is 11.5 Å². The molecule has 0 saturated carbocycles. The van der Waals surface area contributed by atoms with Gasteiger partial charge in [0.15, 0.2) is 5.82 Å². The molecule has 0 aliphatic heterocycles. The minimum Gasteiger partial charge on any atom is -0.497 e. The van der Waals surface area contributed by atoms with Crippen LogP contribution in [0, 0.1) is 5.92 Å². The zero-order valence-electron chi connectivity index (χ0n) is 12.1. The quantitative estimate of drug-likeness (QED) is 0.903. The molecule has 1 aromatic heterocycles. The van der Waals surface area contributed by atoms with Crippen LogP contribution >= 0.6 is 0 Å². The van der Waals surface area contributed by atoms with Crippen molar-refractivity contribution in [2.45, 2.75) is 19.9 Å². The lowest BCUT2D eigenvalue weighted by molar-refractivity contribution is 0.386. The van der Waals surface area contributed by atoms with Gasteiger partial charge in [0, 0.05) is 6.07 Å². The number of rotatable bonds is 5. The molecule has 1 unspecified atom stereocenters. The summed E-state index contributed by atoms with van der Waals surface area (Å²) in [5.74, 6) is 2.42. The summed E-state index contributed by atoms with van der Waals surface area (Å²) in [5.41, 5.74) is 6.72. The Labute approximate surface area is 117 Å². The summed E-state index contributed by atoms with van der Waals surface area (Å²) in [6.45, 7) is 4.02. The first-order valence-corrected chi connectivity index (χ1v) is 6.38. The van der Waals surface area contributed by atoms with Crippen LogP contribution in [0.4, 0.5) is 0 Å². The molecular weight excluding hydrogens is 258 g/mol. The van der Waals surface area contributed by atoms with Gasteiger partial charge in [-0.1, -0.05) is 19.0 Å². The Morgan fingerprint density at radius 2 is 1.95 bits per heavy atom. The molecule has 0 aliphatic carbocycles. The lowest BCUT2D eigenvalue weighted by Gasteiger charge is -2.09. The zero-order valence-corrected chi connectivity index (χ0v) is 12.1. The predicted molar refractivity (Wildman–Crippen MR) is 74.6 cm³/mol. The monoisotopic (exact) mass is 277 g/mol. The Morgan fingerprint density at radius 1 is 1.20 bits per heavy atom. The van der Waals surface area contributed by atoms with E-state index < -0.39 is 0 Å². The summed E-state index contributed by atoms with van der Waals surface area (Å²) in [6.07, 6.45) is 0. The molecule has 2 rings (SSSR count). The molecule has 2 N–H and O–H groups in total. The lowest BCUT2D eigenvalue weighted by Crippen LogP contribution is -2.18. The van der Waals surface area contributed by atoms with Gasteiger partial charge < -0.3 is 19.7 Å². The maximum atomic E-state index is 6.01. The number of nitrogens with zero attached hydrogens (tertiary/aromatic N) is 2. The van der Waals surface area contributed by atoms with Crippen molar-refractivity contribution in [3.8, 4) is 23.0 Å². The molecule has 1 heterocycles. The van der Waals surface area contributed by atoms with E-state index in [0.29, 0.717) is 28.8 Å². The second kappa shape index (κ2) is 5.92. The van der Waals surface area contributed by atoms with Crippen molar-refractivity contribution in [2.75, 3.05) is 14.2 Å². The van der Waals surface area contributed by atoms with Crippen LogP contribution in [0.3, 0.4) is 0 Å². The molecule has 0 spiro atoms. The largest absolute Gasteiger partial charge is 0.497 e.